The van der Waals surface area contributed by atoms with Crippen LogP contribution in [0.15, 0.2) is 23.2 Å². The zero-order chi connectivity index (χ0) is 24.2. The van der Waals surface area contributed by atoms with Crippen LogP contribution in [0.4, 0.5) is 5.69 Å². The molecule has 6 heteroatoms. The van der Waals surface area contributed by atoms with E-state index in [9.17, 15) is 5.11 Å². The molecule has 0 aliphatic carbocycles. The van der Waals surface area contributed by atoms with Crippen molar-refractivity contribution in [1.29, 1.82) is 0 Å². The Balaban J connectivity index is 1.51. The van der Waals surface area contributed by atoms with Crippen LogP contribution < -0.4 is 4.90 Å². The van der Waals surface area contributed by atoms with Crippen molar-refractivity contribution in [3.8, 4) is 5.88 Å². The molecule has 1 aromatic carbocycles. The van der Waals surface area contributed by atoms with Crippen molar-refractivity contribution in [1.82, 2.24) is 9.47 Å². The van der Waals surface area contributed by atoms with Crippen molar-refractivity contribution in [2.24, 2.45) is 4.99 Å². The lowest BCUT2D eigenvalue weighted by Gasteiger charge is -2.44. The van der Waals surface area contributed by atoms with E-state index in [0.717, 1.165) is 48.1 Å². The molecule has 2 saturated heterocycles. The Hall–Kier alpha value is -2.05. The van der Waals surface area contributed by atoms with Gasteiger partial charge in [0.2, 0.25) is 5.88 Å². The summed E-state index contributed by atoms with van der Waals surface area (Å²) in [6.45, 7) is 16.7. The van der Waals surface area contributed by atoms with Gasteiger partial charge in [0.1, 0.15) is 0 Å². The van der Waals surface area contributed by atoms with Gasteiger partial charge in [-0.15, -0.1) is 0 Å². The highest BCUT2D eigenvalue weighted by atomic mass is 16.5. The molecule has 4 heterocycles. The molecular formula is C28H42N4O2. The molecule has 2 unspecified atom stereocenters. The molecule has 3 aliphatic rings. The molecular weight excluding hydrogens is 424 g/mol. The predicted molar refractivity (Wildman–Crippen MR) is 141 cm³/mol. The van der Waals surface area contributed by atoms with Gasteiger partial charge in [-0.2, -0.15) is 0 Å². The molecule has 2 fully saturated rings. The molecule has 186 valence electrons. The summed E-state index contributed by atoms with van der Waals surface area (Å²) in [6.07, 6.45) is 4.50. The van der Waals surface area contributed by atoms with E-state index in [2.05, 4.69) is 69.5 Å². The second kappa shape index (κ2) is 8.87. The van der Waals surface area contributed by atoms with Crippen molar-refractivity contribution < 1.29 is 9.84 Å². The first-order valence-corrected chi connectivity index (χ1v) is 13.3. The fraction of sp³-hybridized carbons (Fsp3) is 0.679. The Morgan fingerprint density at radius 1 is 1.03 bits per heavy atom. The number of anilines is 1. The number of aromatic hydroxyl groups is 1. The third-order valence-corrected chi connectivity index (χ3v) is 8.53. The van der Waals surface area contributed by atoms with E-state index in [4.69, 9.17) is 9.73 Å². The summed E-state index contributed by atoms with van der Waals surface area (Å²) in [5.41, 5.74) is 3.91. The minimum absolute atomic E-state index is 0.146. The summed E-state index contributed by atoms with van der Waals surface area (Å²) in [7, 11) is 0. The topological polar surface area (TPSA) is 53.2 Å². The average Bonchev–Trinajstić information content (AvgIpc) is 3.29. The van der Waals surface area contributed by atoms with Gasteiger partial charge in [0, 0.05) is 48.3 Å². The normalized spacial score (nSPS) is 25.8. The lowest BCUT2D eigenvalue weighted by molar-refractivity contribution is -0.0713. The van der Waals surface area contributed by atoms with Crippen molar-refractivity contribution >= 4 is 22.3 Å². The molecule has 0 radical (unpaired) electrons. The van der Waals surface area contributed by atoms with E-state index >= 15 is 0 Å². The van der Waals surface area contributed by atoms with Crippen LogP contribution in [0.5, 0.6) is 5.88 Å². The first kappa shape index (κ1) is 23.7. The van der Waals surface area contributed by atoms with Crippen LogP contribution in [-0.4, -0.2) is 70.3 Å². The number of aromatic nitrogens is 1. The summed E-state index contributed by atoms with van der Waals surface area (Å²) >= 11 is 0. The quantitative estimate of drug-likeness (QED) is 0.658. The molecule has 1 spiro atoms. The third-order valence-electron chi connectivity index (χ3n) is 8.53. The van der Waals surface area contributed by atoms with Gasteiger partial charge < -0.3 is 24.2 Å². The van der Waals surface area contributed by atoms with Gasteiger partial charge in [-0.1, -0.05) is 0 Å². The molecule has 5 rings (SSSR count). The van der Waals surface area contributed by atoms with E-state index in [1.54, 1.807) is 0 Å². The highest BCUT2D eigenvalue weighted by molar-refractivity contribution is 6.14. The zero-order valence-corrected chi connectivity index (χ0v) is 21.8. The Bertz CT molecular complexity index is 1070. The van der Waals surface area contributed by atoms with Gasteiger partial charge in [0.15, 0.2) is 0 Å². The number of rotatable bonds is 4. The molecule has 6 nitrogen and oxygen atoms in total. The number of nitrogens with zero attached hydrogens (tertiary/aromatic N) is 4. The van der Waals surface area contributed by atoms with Crippen LogP contribution in [0.25, 0.3) is 10.9 Å². The first-order valence-electron chi connectivity index (χ1n) is 13.3. The maximum atomic E-state index is 11.4. The second-order valence-electron chi connectivity index (χ2n) is 11.4. The molecule has 1 N–H and O–H groups in total. The Morgan fingerprint density at radius 3 is 2.26 bits per heavy atom. The summed E-state index contributed by atoms with van der Waals surface area (Å²) in [4.78, 5) is 10.1. The Labute approximate surface area is 204 Å². The van der Waals surface area contributed by atoms with E-state index < -0.39 is 0 Å². The second-order valence-corrected chi connectivity index (χ2v) is 11.4. The molecule has 0 bridgehead atoms. The van der Waals surface area contributed by atoms with Crippen LogP contribution in [0.1, 0.15) is 78.8 Å². The largest absolute Gasteiger partial charge is 0.494 e. The molecule has 2 atom stereocenters. The standard InChI is InChI=1S/C28H42N4O2/c1-18(2)30-13-11-28(12-14-30)17-29-24(16-34-28)26-23-15-22(32-20(5)7-8-21(32)6)9-10-25(23)31(19(3)4)27(26)33/h9-10,15,18-21,33H,7-8,11-14,16-17H2,1-6H3. The van der Waals surface area contributed by atoms with Crippen molar-refractivity contribution in [3.63, 3.8) is 0 Å². The summed E-state index contributed by atoms with van der Waals surface area (Å²) in [5.74, 6) is 0.317. The van der Waals surface area contributed by atoms with Crippen LogP contribution in [-0.2, 0) is 4.74 Å². The van der Waals surface area contributed by atoms with Gasteiger partial charge in [-0.25, -0.2) is 0 Å². The number of piperidine rings is 1. The first-order chi connectivity index (χ1) is 16.2. The number of hydrogen-bond acceptors (Lipinski definition) is 5. The molecule has 3 aliphatic heterocycles. The zero-order valence-electron chi connectivity index (χ0n) is 21.8. The van der Waals surface area contributed by atoms with E-state index in [0.29, 0.717) is 37.2 Å². The molecule has 2 aromatic rings. The summed E-state index contributed by atoms with van der Waals surface area (Å²) in [6, 6.07) is 8.47. The number of fused-ring (bicyclic) bond motifs is 1. The van der Waals surface area contributed by atoms with Gasteiger partial charge in [-0.05, 0) is 85.4 Å². The van der Waals surface area contributed by atoms with Crippen molar-refractivity contribution in [2.75, 3.05) is 31.1 Å². The van der Waals surface area contributed by atoms with Crippen molar-refractivity contribution in [2.45, 2.75) is 97.0 Å². The number of hydrogen-bond donors (Lipinski definition) is 1. The predicted octanol–water partition coefficient (Wildman–Crippen LogP) is 5.37. The number of likely N-dealkylation sites (tertiary alicyclic amines) is 1. The molecule has 1 aromatic heterocycles. The highest BCUT2D eigenvalue weighted by Gasteiger charge is 2.39. The van der Waals surface area contributed by atoms with E-state index in [1.807, 2.05) is 4.57 Å². The minimum atomic E-state index is -0.146. The van der Waals surface area contributed by atoms with Gasteiger partial charge in [0.25, 0.3) is 0 Å². The average molecular weight is 467 g/mol. The van der Waals surface area contributed by atoms with Crippen LogP contribution in [0.2, 0.25) is 0 Å². The maximum absolute atomic E-state index is 11.4. The van der Waals surface area contributed by atoms with Gasteiger partial charge in [-0.3, -0.25) is 4.99 Å². The van der Waals surface area contributed by atoms with Crippen molar-refractivity contribution in [3.05, 3.63) is 23.8 Å². The Morgan fingerprint density at radius 2 is 1.71 bits per heavy atom. The van der Waals surface area contributed by atoms with Gasteiger partial charge >= 0.3 is 0 Å². The molecule has 0 amide bonds. The number of benzene rings is 1. The van der Waals surface area contributed by atoms with Crippen LogP contribution in [0.3, 0.4) is 0 Å². The Kier molecular flexibility index (Phi) is 6.18. The summed E-state index contributed by atoms with van der Waals surface area (Å²) in [5, 5.41) is 12.5. The lowest BCUT2D eigenvalue weighted by Crippen LogP contribution is -2.52. The van der Waals surface area contributed by atoms with E-state index in [-0.39, 0.29) is 11.6 Å². The number of ether oxygens (including phenoxy) is 1. The molecule has 0 saturated carbocycles. The fourth-order valence-corrected chi connectivity index (χ4v) is 6.42. The van der Waals surface area contributed by atoms with E-state index in [1.165, 1.54) is 18.5 Å². The number of aliphatic imine (C=N–C) groups is 1. The summed E-state index contributed by atoms with van der Waals surface area (Å²) < 4.78 is 8.59. The third kappa shape index (κ3) is 3.93. The van der Waals surface area contributed by atoms with Gasteiger partial charge in [0.05, 0.1) is 35.5 Å². The van der Waals surface area contributed by atoms with Crippen LogP contribution in [0, 0.1) is 0 Å². The highest BCUT2D eigenvalue weighted by Crippen LogP contribution is 2.40. The molecule has 34 heavy (non-hydrogen) atoms. The lowest BCUT2D eigenvalue weighted by atomic mass is 9.89. The maximum Gasteiger partial charge on any atom is 0.201 e. The smallest absolute Gasteiger partial charge is 0.201 e. The monoisotopic (exact) mass is 466 g/mol. The minimum Gasteiger partial charge on any atom is -0.494 e. The SMILES string of the molecule is CC(C)N1CCC2(CC1)CN=C(c1c(O)n(C(C)C)c3ccc(N4C(C)CCC4C)cc13)CO2. The van der Waals surface area contributed by atoms with Crippen LogP contribution >= 0.6 is 0 Å². The fourth-order valence-electron chi connectivity index (χ4n) is 6.42.